The molecule has 3 aromatic rings. The van der Waals surface area contributed by atoms with Crippen molar-refractivity contribution in [2.24, 2.45) is 0 Å². The lowest BCUT2D eigenvalue weighted by Crippen LogP contribution is -2.39. The van der Waals surface area contributed by atoms with Gasteiger partial charge in [-0.2, -0.15) is 0 Å². The molecule has 4 rings (SSSR count). The molecule has 0 saturated carbocycles. The Morgan fingerprint density at radius 3 is 2.68 bits per heavy atom. The van der Waals surface area contributed by atoms with Crippen LogP contribution in [0.3, 0.4) is 0 Å². The van der Waals surface area contributed by atoms with Crippen LogP contribution in [0.1, 0.15) is 34.1 Å². The second kappa shape index (κ2) is 7.93. The molecule has 1 aliphatic rings. The van der Waals surface area contributed by atoms with E-state index >= 15 is 0 Å². The zero-order chi connectivity index (χ0) is 19.7. The lowest BCUT2D eigenvalue weighted by molar-refractivity contribution is 0.0702. The first-order chi connectivity index (χ1) is 13.5. The molecule has 1 fully saturated rings. The van der Waals surface area contributed by atoms with Crippen molar-refractivity contribution in [2.75, 3.05) is 13.1 Å². The molecule has 0 spiro atoms. The number of hydrogen-bond donors (Lipinski definition) is 0. The summed E-state index contributed by atoms with van der Waals surface area (Å²) in [5, 5.41) is 9.70. The average molecular weight is 420 g/mol. The van der Waals surface area contributed by atoms with E-state index in [-0.39, 0.29) is 22.3 Å². The Balaban J connectivity index is 1.55. The van der Waals surface area contributed by atoms with Crippen LogP contribution in [0.4, 0.5) is 8.78 Å². The van der Waals surface area contributed by atoms with E-state index in [2.05, 4.69) is 10.2 Å². The highest BCUT2D eigenvalue weighted by Crippen LogP contribution is 2.34. The first-order valence-corrected chi connectivity index (χ1v) is 10.1. The Morgan fingerprint density at radius 1 is 1.11 bits per heavy atom. The molecule has 0 N–H and O–H groups in total. The van der Waals surface area contributed by atoms with E-state index in [1.807, 2.05) is 0 Å². The predicted molar refractivity (Wildman–Crippen MR) is 105 cm³/mol. The first kappa shape index (κ1) is 19.0. The maximum atomic E-state index is 14.1. The van der Waals surface area contributed by atoms with Gasteiger partial charge < -0.3 is 4.90 Å². The number of amides is 1. The molecule has 28 heavy (non-hydrogen) atoms. The van der Waals surface area contributed by atoms with Gasteiger partial charge in [0.1, 0.15) is 16.6 Å². The molecule has 2 aromatic carbocycles. The van der Waals surface area contributed by atoms with Crippen molar-refractivity contribution in [1.82, 2.24) is 15.1 Å². The summed E-state index contributed by atoms with van der Waals surface area (Å²) in [7, 11) is 0. The molecular weight excluding hydrogens is 404 g/mol. The number of halogens is 3. The van der Waals surface area contributed by atoms with E-state index in [1.165, 1.54) is 35.6 Å². The monoisotopic (exact) mass is 419 g/mol. The van der Waals surface area contributed by atoms with Crippen LogP contribution in [0, 0.1) is 11.6 Å². The van der Waals surface area contributed by atoms with Crippen LogP contribution < -0.4 is 0 Å². The molecule has 1 aliphatic heterocycles. The minimum atomic E-state index is -0.627. The van der Waals surface area contributed by atoms with E-state index in [1.54, 1.807) is 23.1 Å². The van der Waals surface area contributed by atoms with Crippen LogP contribution >= 0.6 is 22.9 Å². The third-order valence-corrected chi connectivity index (χ3v) is 6.21. The number of nitrogens with zero attached hydrogens (tertiary/aromatic N) is 3. The summed E-state index contributed by atoms with van der Waals surface area (Å²) in [5.41, 5.74) is 0.308. The molecule has 0 aliphatic carbocycles. The number of carbonyl (C=O) groups excluding carboxylic acids is 1. The van der Waals surface area contributed by atoms with Crippen molar-refractivity contribution >= 4 is 28.8 Å². The maximum Gasteiger partial charge on any atom is 0.258 e. The van der Waals surface area contributed by atoms with E-state index in [9.17, 15) is 13.6 Å². The van der Waals surface area contributed by atoms with Crippen LogP contribution in [0.15, 0.2) is 42.5 Å². The maximum absolute atomic E-state index is 14.1. The predicted octanol–water partition coefficient (Wildman–Crippen LogP) is 5.16. The van der Waals surface area contributed by atoms with Crippen molar-refractivity contribution in [3.8, 4) is 10.6 Å². The molecule has 0 radical (unpaired) electrons. The summed E-state index contributed by atoms with van der Waals surface area (Å²) >= 11 is 7.36. The van der Waals surface area contributed by atoms with Gasteiger partial charge in [-0.15, -0.1) is 10.2 Å². The molecule has 8 heteroatoms. The van der Waals surface area contributed by atoms with Crippen LogP contribution in [0.2, 0.25) is 5.02 Å². The van der Waals surface area contributed by atoms with Gasteiger partial charge in [0.15, 0.2) is 5.01 Å². The van der Waals surface area contributed by atoms with Crippen molar-refractivity contribution in [2.45, 2.75) is 18.8 Å². The quantitative estimate of drug-likeness (QED) is 0.589. The van der Waals surface area contributed by atoms with Gasteiger partial charge >= 0.3 is 0 Å². The van der Waals surface area contributed by atoms with Crippen molar-refractivity contribution < 1.29 is 13.6 Å². The zero-order valence-corrected chi connectivity index (χ0v) is 16.3. The second-order valence-corrected chi connectivity index (χ2v) is 8.03. The third kappa shape index (κ3) is 3.64. The van der Waals surface area contributed by atoms with E-state index < -0.39 is 11.7 Å². The topological polar surface area (TPSA) is 46.1 Å². The normalized spacial score (nSPS) is 17.0. The Bertz CT molecular complexity index is 1010. The molecule has 1 unspecified atom stereocenters. The number of piperidine rings is 1. The first-order valence-electron chi connectivity index (χ1n) is 8.86. The highest BCUT2D eigenvalue weighted by molar-refractivity contribution is 7.14. The standard InChI is InChI=1S/C20H16ClF2N3OS/c21-14-7-3-9-16(23)17(14)20(27)26-10-4-5-12(11-26)18-24-25-19(28-18)13-6-1-2-8-15(13)22/h1-3,6-9,12H,4-5,10-11H2. The summed E-state index contributed by atoms with van der Waals surface area (Å²) in [6.45, 7) is 0.925. The molecule has 4 nitrogen and oxygen atoms in total. The molecule has 1 amide bonds. The summed E-state index contributed by atoms with van der Waals surface area (Å²) in [6.07, 6.45) is 1.60. The number of aromatic nitrogens is 2. The molecule has 1 aromatic heterocycles. The SMILES string of the molecule is O=C(c1c(F)cccc1Cl)N1CCCC(c2nnc(-c3ccccc3F)s2)C1. The van der Waals surface area contributed by atoms with Gasteiger partial charge in [0.2, 0.25) is 0 Å². The smallest absolute Gasteiger partial charge is 0.258 e. The minimum Gasteiger partial charge on any atom is -0.338 e. The molecule has 0 bridgehead atoms. The number of carbonyl (C=O) groups is 1. The van der Waals surface area contributed by atoms with E-state index in [0.717, 1.165) is 17.8 Å². The molecule has 1 atom stereocenters. The fourth-order valence-electron chi connectivity index (χ4n) is 3.37. The van der Waals surface area contributed by atoms with Crippen LogP contribution in [0.25, 0.3) is 10.6 Å². The molecule has 144 valence electrons. The average Bonchev–Trinajstić information content (AvgIpc) is 3.18. The van der Waals surface area contributed by atoms with E-state index in [4.69, 9.17) is 11.6 Å². The molecule has 2 heterocycles. The summed E-state index contributed by atoms with van der Waals surface area (Å²) in [6, 6.07) is 10.6. The third-order valence-electron chi connectivity index (χ3n) is 4.78. The van der Waals surface area contributed by atoms with Gasteiger partial charge in [-0.3, -0.25) is 4.79 Å². The van der Waals surface area contributed by atoms with Gasteiger partial charge in [-0.1, -0.05) is 41.1 Å². The summed E-state index contributed by atoms with van der Waals surface area (Å²) < 4.78 is 28.1. The molecular formula is C20H16ClF2N3OS. The van der Waals surface area contributed by atoms with Crippen LogP contribution in [-0.2, 0) is 0 Å². The van der Waals surface area contributed by atoms with Crippen LogP contribution in [0.5, 0.6) is 0 Å². The lowest BCUT2D eigenvalue weighted by Gasteiger charge is -2.32. The zero-order valence-electron chi connectivity index (χ0n) is 14.7. The van der Waals surface area contributed by atoms with Gasteiger partial charge in [-0.25, -0.2) is 8.78 Å². The van der Waals surface area contributed by atoms with Gasteiger partial charge in [0.05, 0.1) is 10.6 Å². The second-order valence-electron chi connectivity index (χ2n) is 6.61. The summed E-state index contributed by atoms with van der Waals surface area (Å²) in [5.74, 6) is -1.43. The highest BCUT2D eigenvalue weighted by atomic mass is 35.5. The summed E-state index contributed by atoms with van der Waals surface area (Å²) in [4.78, 5) is 14.4. The van der Waals surface area contributed by atoms with Gasteiger partial charge in [0, 0.05) is 24.6 Å². The van der Waals surface area contributed by atoms with E-state index in [0.29, 0.717) is 23.7 Å². The number of benzene rings is 2. The van der Waals surface area contributed by atoms with Crippen molar-refractivity contribution in [3.05, 3.63) is 69.7 Å². The molecule has 1 saturated heterocycles. The number of hydrogen-bond acceptors (Lipinski definition) is 4. The number of rotatable bonds is 3. The Morgan fingerprint density at radius 2 is 1.89 bits per heavy atom. The minimum absolute atomic E-state index is 0.0266. The van der Waals surface area contributed by atoms with Crippen molar-refractivity contribution in [3.63, 3.8) is 0 Å². The highest BCUT2D eigenvalue weighted by Gasteiger charge is 2.30. The largest absolute Gasteiger partial charge is 0.338 e. The van der Waals surface area contributed by atoms with Gasteiger partial charge in [0.25, 0.3) is 5.91 Å². The van der Waals surface area contributed by atoms with Crippen molar-refractivity contribution in [1.29, 1.82) is 0 Å². The Labute approximate surface area is 169 Å². The Kier molecular flexibility index (Phi) is 5.37. The Hall–Kier alpha value is -2.38. The van der Waals surface area contributed by atoms with Gasteiger partial charge in [-0.05, 0) is 37.1 Å². The fraction of sp³-hybridized carbons (Fsp3) is 0.250. The number of likely N-dealkylation sites (tertiary alicyclic amines) is 1. The van der Waals surface area contributed by atoms with Crippen LogP contribution in [-0.4, -0.2) is 34.1 Å². The fourth-order valence-corrected chi connectivity index (χ4v) is 4.61. The lowest BCUT2D eigenvalue weighted by atomic mass is 9.98.